The highest BCUT2D eigenvalue weighted by atomic mass is 16.2. The molecular formula is C17H26N4O2. The molecule has 2 rings (SSSR count). The maximum atomic E-state index is 12.1. The number of nitrogens with one attached hydrogen (secondary N) is 2. The number of likely N-dealkylation sites (tertiary alicyclic amines) is 1. The number of carbonyl (C=O) groups is 2. The molecule has 0 bridgehead atoms. The van der Waals surface area contributed by atoms with Crippen LogP contribution in [0.1, 0.15) is 32.3 Å². The molecule has 1 aliphatic rings. The first kappa shape index (κ1) is 17.3. The van der Waals surface area contributed by atoms with E-state index < -0.39 is 0 Å². The van der Waals surface area contributed by atoms with Crippen molar-refractivity contribution in [3.05, 3.63) is 29.8 Å². The van der Waals surface area contributed by atoms with Gasteiger partial charge in [0.25, 0.3) is 0 Å². The number of nitrogens with two attached hydrogens (primary N) is 1. The van der Waals surface area contributed by atoms with Crippen LogP contribution in [0.5, 0.6) is 0 Å². The van der Waals surface area contributed by atoms with E-state index in [1.54, 1.807) is 0 Å². The average Bonchev–Trinajstić information content (AvgIpc) is 3.06. The lowest BCUT2D eigenvalue weighted by molar-refractivity contribution is -0.125. The Hall–Kier alpha value is -2.08. The fraction of sp³-hybridized carbons (Fsp3) is 0.529. The van der Waals surface area contributed by atoms with Crippen LogP contribution in [-0.2, 0) is 11.3 Å². The van der Waals surface area contributed by atoms with Crippen molar-refractivity contribution in [1.29, 1.82) is 0 Å². The van der Waals surface area contributed by atoms with E-state index >= 15 is 0 Å². The van der Waals surface area contributed by atoms with Gasteiger partial charge in [-0.25, -0.2) is 4.79 Å². The smallest absolute Gasteiger partial charge is 0.321 e. The second-order valence-electron chi connectivity index (χ2n) is 6.19. The summed E-state index contributed by atoms with van der Waals surface area (Å²) in [6.07, 6.45) is 2.13. The van der Waals surface area contributed by atoms with E-state index in [-0.39, 0.29) is 23.9 Å². The Morgan fingerprint density at radius 1 is 1.26 bits per heavy atom. The fourth-order valence-corrected chi connectivity index (χ4v) is 2.47. The molecule has 4 N–H and O–H groups in total. The van der Waals surface area contributed by atoms with Crippen LogP contribution in [-0.4, -0.2) is 36.0 Å². The Bertz CT molecular complexity index is 553. The maximum Gasteiger partial charge on any atom is 0.321 e. The molecule has 3 amide bonds. The van der Waals surface area contributed by atoms with Gasteiger partial charge in [-0.1, -0.05) is 19.1 Å². The van der Waals surface area contributed by atoms with Crippen LogP contribution in [0.4, 0.5) is 10.5 Å². The summed E-state index contributed by atoms with van der Waals surface area (Å²) >= 11 is 0. The van der Waals surface area contributed by atoms with Gasteiger partial charge in [0.05, 0.1) is 0 Å². The van der Waals surface area contributed by atoms with E-state index in [9.17, 15) is 9.59 Å². The summed E-state index contributed by atoms with van der Waals surface area (Å²) < 4.78 is 0. The zero-order chi connectivity index (χ0) is 16.8. The molecule has 1 aromatic rings. The predicted molar refractivity (Wildman–Crippen MR) is 90.9 cm³/mol. The molecule has 6 heteroatoms. The van der Waals surface area contributed by atoms with E-state index in [1.165, 1.54) is 0 Å². The van der Waals surface area contributed by atoms with E-state index in [0.29, 0.717) is 6.54 Å². The van der Waals surface area contributed by atoms with Crippen molar-refractivity contribution in [2.24, 2.45) is 11.7 Å². The van der Waals surface area contributed by atoms with Crippen molar-refractivity contribution >= 4 is 17.6 Å². The molecule has 0 saturated carbocycles. The van der Waals surface area contributed by atoms with Gasteiger partial charge < -0.3 is 21.3 Å². The second-order valence-corrected chi connectivity index (χ2v) is 6.19. The molecule has 1 saturated heterocycles. The first-order valence-corrected chi connectivity index (χ1v) is 8.15. The highest BCUT2D eigenvalue weighted by Crippen LogP contribution is 2.14. The SMILES string of the molecule is CC(N)C(C)C(=O)NCc1cccc(NC(=O)N2CCCC2)c1. The Morgan fingerprint density at radius 2 is 1.96 bits per heavy atom. The molecular weight excluding hydrogens is 292 g/mol. The number of urea groups is 1. The number of hydrogen-bond donors (Lipinski definition) is 3. The van der Waals surface area contributed by atoms with Crippen molar-refractivity contribution in [1.82, 2.24) is 10.2 Å². The number of amides is 3. The molecule has 0 spiro atoms. The van der Waals surface area contributed by atoms with E-state index in [0.717, 1.165) is 37.2 Å². The summed E-state index contributed by atoms with van der Waals surface area (Å²) in [5.41, 5.74) is 7.42. The van der Waals surface area contributed by atoms with Crippen LogP contribution in [0.2, 0.25) is 0 Å². The molecule has 1 heterocycles. The highest BCUT2D eigenvalue weighted by Gasteiger charge is 2.18. The summed E-state index contributed by atoms with van der Waals surface area (Å²) in [6.45, 7) is 5.68. The molecule has 1 aliphatic heterocycles. The number of benzene rings is 1. The summed E-state index contributed by atoms with van der Waals surface area (Å²) in [5.74, 6) is -0.292. The number of carbonyl (C=O) groups excluding carboxylic acids is 2. The Balaban J connectivity index is 1.89. The molecule has 1 aromatic carbocycles. The van der Waals surface area contributed by atoms with E-state index in [4.69, 9.17) is 5.73 Å². The van der Waals surface area contributed by atoms with Gasteiger partial charge >= 0.3 is 6.03 Å². The lowest BCUT2D eigenvalue weighted by Crippen LogP contribution is -2.38. The summed E-state index contributed by atoms with van der Waals surface area (Å²) in [4.78, 5) is 25.8. The van der Waals surface area contributed by atoms with Crippen molar-refractivity contribution in [2.75, 3.05) is 18.4 Å². The number of hydrogen-bond acceptors (Lipinski definition) is 3. The number of nitrogens with zero attached hydrogens (tertiary/aromatic N) is 1. The lowest BCUT2D eigenvalue weighted by atomic mass is 10.0. The molecule has 0 aliphatic carbocycles. The van der Waals surface area contributed by atoms with Gasteiger partial charge in [0, 0.05) is 37.3 Å². The molecule has 1 fully saturated rings. The van der Waals surface area contributed by atoms with E-state index in [1.807, 2.05) is 43.0 Å². The molecule has 0 radical (unpaired) electrons. The van der Waals surface area contributed by atoms with Crippen molar-refractivity contribution in [3.8, 4) is 0 Å². The van der Waals surface area contributed by atoms with Gasteiger partial charge in [-0.2, -0.15) is 0 Å². The third-order valence-electron chi connectivity index (χ3n) is 4.24. The predicted octanol–water partition coefficient (Wildman–Crippen LogP) is 1.91. The Kier molecular flexibility index (Phi) is 5.98. The van der Waals surface area contributed by atoms with Gasteiger partial charge in [0.2, 0.25) is 5.91 Å². The van der Waals surface area contributed by atoms with Crippen molar-refractivity contribution in [2.45, 2.75) is 39.3 Å². The van der Waals surface area contributed by atoms with Crippen molar-refractivity contribution in [3.63, 3.8) is 0 Å². The first-order valence-electron chi connectivity index (χ1n) is 8.15. The summed E-state index contributed by atoms with van der Waals surface area (Å²) in [7, 11) is 0. The van der Waals surface area contributed by atoms with Crippen LogP contribution in [0.3, 0.4) is 0 Å². The van der Waals surface area contributed by atoms with Crippen LogP contribution in [0.25, 0.3) is 0 Å². The quantitative estimate of drug-likeness (QED) is 0.775. The largest absolute Gasteiger partial charge is 0.352 e. The average molecular weight is 318 g/mol. The van der Waals surface area contributed by atoms with Gasteiger partial charge in [-0.05, 0) is 37.5 Å². The maximum absolute atomic E-state index is 12.1. The minimum Gasteiger partial charge on any atom is -0.352 e. The van der Waals surface area contributed by atoms with Crippen molar-refractivity contribution < 1.29 is 9.59 Å². The van der Waals surface area contributed by atoms with Crippen LogP contribution in [0.15, 0.2) is 24.3 Å². The van der Waals surface area contributed by atoms with Gasteiger partial charge in [0.1, 0.15) is 0 Å². The van der Waals surface area contributed by atoms with Gasteiger partial charge in [-0.15, -0.1) is 0 Å². The fourth-order valence-electron chi connectivity index (χ4n) is 2.47. The molecule has 2 atom stereocenters. The standard InChI is InChI=1S/C17H26N4O2/c1-12(13(2)18)16(22)19-11-14-6-5-7-15(10-14)20-17(23)21-8-3-4-9-21/h5-7,10,12-13H,3-4,8-9,11,18H2,1-2H3,(H,19,22)(H,20,23). The minimum atomic E-state index is -0.229. The molecule has 0 aromatic heterocycles. The lowest BCUT2D eigenvalue weighted by Gasteiger charge is -2.17. The highest BCUT2D eigenvalue weighted by molar-refractivity contribution is 5.89. The van der Waals surface area contributed by atoms with Crippen LogP contribution >= 0.6 is 0 Å². The summed E-state index contributed by atoms with van der Waals surface area (Å²) in [5, 5.41) is 5.78. The Labute approximate surface area is 137 Å². The Morgan fingerprint density at radius 3 is 2.61 bits per heavy atom. The number of anilines is 1. The topological polar surface area (TPSA) is 87.5 Å². The van der Waals surface area contributed by atoms with Gasteiger partial charge in [0.15, 0.2) is 0 Å². The zero-order valence-electron chi connectivity index (χ0n) is 13.8. The number of rotatable bonds is 5. The normalized spacial score (nSPS) is 16.7. The second kappa shape index (κ2) is 7.97. The first-order chi connectivity index (χ1) is 11.0. The molecule has 126 valence electrons. The summed E-state index contributed by atoms with van der Waals surface area (Å²) in [6, 6.07) is 7.28. The minimum absolute atomic E-state index is 0.0609. The van der Waals surface area contributed by atoms with Crippen LogP contribution < -0.4 is 16.4 Å². The molecule has 2 unspecified atom stereocenters. The third-order valence-corrected chi connectivity index (χ3v) is 4.24. The van der Waals surface area contributed by atoms with Gasteiger partial charge in [-0.3, -0.25) is 4.79 Å². The third kappa shape index (κ3) is 4.96. The molecule has 23 heavy (non-hydrogen) atoms. The van der Waals surface area contributed by atoms with Crippen LogP contribution in [0, 0.1) is 5.92 Å². The van der Waals surface area contributed by atoms with E-state index in [2.05, 4.69) is 10.6 Å². The monoisotopic (exact) mass is 318 g/mol. The molecule has 6 nitrogen and oxygen atoms in total. The zero-order valence-corrected chi connectivity index (χ0v) is 13.8.